The number of carbonyl (C=O) groups is 2. The smallest absolute Gasteiger partial charge is 0.340 e. The third-order valence-corrected chi connectivity index (χ3v) is 4.76. The fraction of sp³-hybridized carbons (Fsp3) is 0.389. The van der Waals surface area contributed by atoms with Crippen LogP contribution in [0.25, 0.3) is 0 Å². The van der Waals surface area contributed by atoms with Crippen molar-refractivity contribution >= 4 is 23.6 Å². The Morgan fingerprint density at radius 1 is 1.32 bits per heavy atom. The van der Waals surface area contributed by atoms with Crippen molar-refractivity contribution < 1.29 is 18.8 Å². The molecule has 1 aromatic heterocycles. The minimum atomic E-state index is -0.840. The van der Waals surface area contributed by atoms with Crippen LogP contribution in [0.5, 0.6) is 0 Å². The molecule has 0 aliphatic rings. The van der Waals surface area contributed by atoms with E-state index in [1.807, 2.05) is 32.9 Å². The van der Waals surface area contributed by atoms with Crippen molar-refractivity contribution in [3.8, 4) is 0 Å². The molecule has 1 atom stereocenters. The van der Waals surface area contributed by atoms with Crippen LogP contribution < -0.4 is 5.32 Å². The molecule has 1 amide bonds. The second kappa shape index (κ2) is 8.71. The van der Waals surface area contributed by atoms with Crippen molar-refractivity contribution in [1.29, 1.82) is 0 Å². The Bertz CT molecular complexity index is 738. The van der Waals surface area contributed by atoms with Crippen LogP contribution in [0.3, 0.4) is 0 Å². The van der Waals surface area contributed by atoms with Crippen molar-refractivity contribution in [3.63, 3.8) is 0 Å². The maximum atomic E-state index is 12.4. The molecule has 2 rings (SSSR count). The summed E-state index contributed by atoms with van der Waals surface area (Å²) < 4.78 is 10.4. The van der Waals surface area contributed by atoms with Gasteiger partial charge >= 0.3 is 5.97 Å². The van der Waals surface area contributed by atoms with Gasteiger partial charge in [-0.3, -0.25) is 4.79 Å². The Kier molecular flexibility index (Phi) is 6.64. The summed E-state index contributed by atoms with van der Waals surface area (Å²) in [5, 5.41) is 6.57. The van der Waals surface area contributed by atoms with Gasteiger partial charge in [0.05, 0.1) is 11.3 Å². The number of nitrogens with zero attached hydrogens (tertiary/aromatic N) is 1. The van der Waals surface area contributed by atoms with Crippen LogP contribution in [0.1, 0.15) is 41.2 Å². The van der Waals surface area contributed by atoms with Gasteiger partial charge in [0.25, 0.3) is 5.91 Å². The normalized spacial score (nSPS) is 11.8. The number of carbonyl (C=O) groups excluding carboxylic acids is 2. The van der Waals surface area contributed by atoms with Crippen molar-refractivity contribution in [2.75, 3.05) is 6.54 Å². The standard InChI is InChI=1S/C18H22N2O4S/c1-5-19-17(21)13(4)23-18(22)14-8-6-7-9-16(14)25-10-15-11(2)20-24-12(15)3/h6-9,13H,5,10H2,1-4H3,(H,19,21)/t13-/m1/s1. The molecule has 0 aliphatic carbocycles. The van der Waals surface area contributed by atoms with Crippen LogP contribution in [0, 0.1) is 13.8 Å². The number of hydrogen-bond donors (Lipinski definition) is 1. The number of amides is 1. The first-order chi connectivity index (χ1) is 11.9. The molecule has 0 saturated heterocycles. The molecular weight excluding hydrogens is 340 g/mol. The zero-order valence-corrected chi connectivity index (χ0v) is 15.6. The van der Waals surface area contributed by atoms with E-state index < -0.39 is 12.1 Å². The summed E-state index contributed by atoms with van der Waals surface area (Å²) >= 11 is 1.51. The number of likely N-dealkylation sites (N-methyl/N-ethyl adjacent to an activating group) is 1. The molecule has 6 nitrogen and oxygen atoms in total. The predicted molar refractivity (Wildman–Crippen MR) is 95.5 cm³/mol. The summed E-state index contributed by atoms with van der Waals surface area (Å²) in [4.78, 5) is 25.0. The van der Waals surface area contributed by atoms with Crippen LogP contribution in [0.15, 0.2) is 33.7 Å². The number of rotatable bonds is 7. The lowest BCUT2D eigenvalue weighted by atomic mass is 10.2. The molecule has 2 aromatic rings. The molecule has 1 N–H and O–H groups in total. The molecule has 25 heavy (non-hydrogen) atoms. The van der Waals surface area contributed by atoms with Gasteiger partial charge in [-0.25, -0.2) is 4.79 Å². The maximum Gasteiger partial charge on any atom is 0.340 e. The van der Waals surface area contributed by atoms with Crippen molar-refractivity contribution in [2.45, 2.75) is 44.4 Å². The summed E-state index contributed by atoms with van der Waals surface area (Å²) in [5.41, 5.74) is 2.30. The number of ether oxygens (including phenoxy) is 1. The number of esters is 1. The highest BCUT2D eigenvalue weighted by atomic mass is 32.2. The topological polar surface area (TPSA) is 81.4 Å². The van der Waals surface area contributed by atoms with Crippen LogP contribution in [-0.4, -0.2) is 29.7 Å². The van der Waals surface area contributed by atoms with E-state index in [0.717, 1.165) is 21.9 Å². The lowest BCUT2D eigenvalue weighted by Gasteiger charge is -2.14. The van der Waals surface area contributed by atoms with E-state index in [4.69, 9.17) is 9.26 Å². The van der Waals surface area contributed by atoms with E-state index in [-0.39, 0.29) is 5.91 Å². The van der Waals surface area contributed by atoms with Crippen LogP contribution in [-0.2, 0) is 15.3 Å². The summed E-state index contributed by atoms with van der Waals surface area (Å²) in [6.07, 6.45) is -0.840. The van der Waals surface area contributed by atoms with Gasteiger partial charge in [-0.05, 0) is 39.8 Å². The number of aromatic nitrogens is 1. The first-order valence-corrected chi connectivity index (χ1v) is 9.04. The SMILES string of the molecule is CCNC(=O)[C@@H](C)OC(=O)c1ccccc1SCc1c(C)noc1C. The molecule has 7 heteroatoms. The van der Waals surface area contributed by atoms with Gasteiger partial charge in [0.2, 0.25) is 0 Å². The average Bonchev–Trinajstić information content (AvgIpc) is 2.91. The lowest BCUT2D eigenvalue weighted by molar-refractivity contribution is -0.128. The molecule has 0 fully saturated rings. The average molecular weight is 362 g/mol. The first kappa shape index (κ1) is 19.1. The molecule has 0 saturated carbocycles. The highest BCUT2D eigenvalue weighted by molar-refractivity contribution is 7.98. The van der Waals surface area contributed by atoms with E-state index >= 15 is 0 Å². The third-order valence-electron chi connectivity index (χ3n) is 3.66. The molecule has 0 bridgehead atoms. The fourth-order valence-electron chi connectivity index (χ4n) is 2.21. The minimum absolute atomic E-state index is 0.309. The summed E-state index contributed by atoms with van der Waals surface area (Å²) in [6, 6.07) is 7.19. The molecular formula is C18H22N2O4S. The highest BCUT2D eigenvalue weighted by Crippen LogP contribution is 2.29. The monoisotopic (exact) mass is 362 g/mol. The van der Waals surface area contributed by atoms with Crippen LogP contribution >= 0.6 is 11.8 Å². The zero-order chi connectivity index (χ0) is 18.4. The summed E-state index contributed by atoms with van der Waals surface area (Å²) in [7, 11) is 0. The van der Waals surface area contributed by atoms with Crippen molar-refractivity contribution in [2.24, 2.45) is 0 Å². The molecule has 1 aromatic carbocycles. The van der Waals surface area contributed by atoms with Crippen LogP contribution in [0.4, 0.5) is 0 Å². The molecule has 1 heterocycles. The number of benzene rings is 1. The Morgan fingerprint density at radius 2 is 2.04 bits per heavy atom. The number of hydrogen-bond acceptors (Lipinski definition) is 6. The number of thioether (sulfide) groups is 1. The molecule has 0 radical (unpaired) electrons. The Hall–Kier alpha value is -2.28. The van der Waals surface area contributed by atoms with Crippen molar-refractivity contribution in [3.05, 3.63) is 46.8 Å². The quantitative estimate of drug-likeness (QED) is 0.601. The van der Waals surface area contributed by atoms with Gasteiger partial charge < -0.3 is 14.6 Å². The van der Waals surface area contributed by atoms with Gasteiger partial charge in [0, 0.05) is 22.8 Å². The van der Waals surface area contributed by atoms with E-state index in [0.29, 0.717) is 17.9 Å². The summed E-state index contributed by atoms with van der Waals surface area (Å²) in [6.45, 7) is 7.62. The highest BCUT2D eigenvalue weighted by Gasteiger charge is 2.20. The first-order valence-electron chi connectivity index (χ1n) is 8.06. The van der Waals surface area contributed by atoms with Crippen molar-refractivity contribution in [1.82, 2.24) is 10.5 Å². The number of aryl methyl sites for hydroxylation is 2. The van der Waals surface area contributed by atoms with Gasteiger partial charge in [0.15, 0.2) is 6.10 Å². The van der Waals surface area contributed by atoms with E-state index in [9.17, 15) is 9.59 Å². The molecule has 0 spiro atoms. The lowest BCUT2D eigenvalue weighted by Crippen LogP contribution is -2.35. The van der Waals surface area contributed by atoms with Crippen LogP contribution in [0.2, 0.25) is 0 Å². The summed E-state index contributed by atoms with van der Waals surface area (Å²) in [5.74, 6) is 0.587. The fourth-order valence-corrected chi connectivity index (χ4v) is 3.41. The maximum absolute atomic E-state index is 12.4. The largest absolute Gasteiger partial charge is 0.449 e. The second-order valence-electron chi connectivity index (χ2n) is 5.53. The zero-order valence-electron chi connectivity index (χ0n) is 14.8. The Labute approximate surface area is 151 Å². The molecule has 0 unspecified atom stereocenters. The van der Waals surface area contributed by atoms with Gasteiger partial charge in [0.1, 0.15) is 5.76 Å². The third kappa shape index (κ3) is 4.85. The minimum Gasteiger partial charge on any atom is -0.449 e. The Balaban J connectivity index is 2.09. The van der Waals surface area contributed by atoms with E-state index in [1.165, 1.54) is 11.8 Å². The Morgan fingerprint density at radius 3 is 2.68 bits per heavy atom. The second-order valence-corrected chi connectivity index (χ2v) is 6.55. The number of nitrogens with one attached hydrogen (secondary N) is 1. The van der Waals surface area contributed by atoms with E-state index in [1.54, 1.807) is 19.1 Å². The van der Waals surface area contributed by atoms with Gasteiger partial charge in [-0.2, -0.15) is 0 Å². The van der Waals surface area contributed by atoms with Gasteiger partial charge in [-0.15, -0.1) is 11.8 Å². The predicted octanol–water partition coefficient (Wildman–Crippen LogP) is 3.27. The molecule has 0 aliphatic heterocycles. The van der Waals surface area contributed by atoms with Gasteiger partial charge in [-0.1, -0.05) is 17.3 Å². The molecule has 134 valence electrons. The van der Waals surface area contributed by atoms with E-state index in [2.05, 4.69) is 10.5 Å².